The molecule has 0 unspecified atom stereocenters. The van der Waals surface area contributed by atoms with E-state index in [0.29, 0.717) is 42.7 Å². The van der Waals surface area contributed by atoms with E-state index >= 15 is 0 Å². The number of hydrogen-bond donors (Lipinski definition) is 1. The average Bonchev–Trinajstić information content (AvgIpc) is 3.08. The van der Waals surface area contributed by atoms with E-state index in [1.165, 1.54) is 25.6 Å². The molecule has 0 atom stereocenters. The Labute approximate surface area is 160 Å². The molecule has 3 heterocycles. The van der Waals surface area contributed by atoms with Crippen LogP contribution in [0.5, 0.6) is 11.5 Å². The van der Waals surface area contributed by atoms with Crippen LogP contribution in [0.4, 0.5) is 10.1 Å². The highest BCUT2D eigenvalue weighted by atomic mass is 19.1. The van der Waals surface area contributed by atoms with Gasteiger partial charge in [0.2, 0.25) is 0 Å². The molecule has 1 N–H and O–H groups in total. The number of aromatic amines is 1. The van der Waals surface area contributed by atoms with Crippen LogP contribution >= 0.6 is 0 Å². The van der Waals surface area contributed by atoms with Crippen LogP contribution < -0.4 is 9.64 Å². The minimum Gasteiger partial charge on any atom is -0.465 e. The second kappa shape index (κ2) is 7.30. The number of esters is 1. The van der Waals surface area contributed by atoms with Gasteiger partial charge in [0.1, 0.15) is 34.3 Å². The number of hydrogen-bond acceptors (Lipinski definition) is 6. The number of halogens is 1. The van der Waals surface area contributed by atoms with Crippen molar-refractivity contribution in [1.29, 1.82) is 0 Å². The van der Waals surface area contributed by atoms with Crippen LogP contribution in [0.1, 0.15) is 23.2 Å². The Morgan fingerprint density at radius 3 is 2.79 bits per heavy atom. The van der Waals surface area contributed by atoms with E-state index in [4.69, 9.17) is 9.47 Å². The molecule has 0 radical (unpaired) electrons. The topological polar surface area (TPSA) is 84.5 Å². The lowest BCUT2D eigenvalue weighted by Gasteiger charge is -2.28. The molecule has 0 aliphatic carbocycles. The van der Waals surface area contributed by atoms with Crippen molar-refractivity contribution in [3.05, 3.63) is 48.0 Å². The molecule has 28 heavy (non-hydrogen) atoms. The van der Waals surface area contributed by atoms with Crippen LogP contribution in [0.3, 0.4) is 0 Å². The van der Waals surface area contributed by atoms with Crippen molar-refractivity contribution in [2.45, 2.75) is 12.8 Å². The number of fused-ring (bicyclic) bond motifs is 1. The molecule has 1 aliphatic rings. The molecule has 1 fully saturated rings. The molecule has 2 aromatic heterocycles. The predicted octanol–water partition coefficient (Wildman–Crippen LogP) is 3.45. The lowest BCUT2D eigenvalue weighted by molar-refractivity contribution is -0.119. The highest BCUT2D eigenvalue weighted by molar-refractivity contribution is 5.93. The van der Waals surface area contributed by atoms with E-state index in [1.807, 2.05) is 0 Å². The summed E-state index contributed by atoms with van der Waals surface area (Å²) >= 11 is 0. The fraction of sp³-hybridized carbons (Fsp3) is 0.250. The maximum atomic E-state index is 13.8. The van der Waals surface area contributed by atoms with Gasteiger partial charge in [-0.15, -0.1) is 0 Å². The van der Waals surface area contributed by atoms with Gasteiger partial charge < -0.3 is 19.4 Å². The van der Waals surface area contributed by atoms with E-state index < -0.39 is 11.8 Å². The first kappa shape index (κ1) is 18.0. The highest BCUT2D eigenvalue weighted by Crippen LogP contribution is 2.32. The van der Waals surface area contributed by atoms with E-state index in [-0.39, 0.29) is 17.1 Å². The van der Waals surface area contributed by atoms with Gasteiger partial charge in [0.15, 0.2) is 0 Å². The molecule has 8 heteroatoms. The summed E-state index contributed by atoms with van der Waals surface area (Å²) in [6.07, 6.45) is 3.65. The average molecular weight is 383 g/mol. The third-order valence-corrected chi connectivity index (χ3v) is 4.74. The lowest BCUT2D eigenvalue weighted by atomic mass is 10.1. The molecule has 1 aliphatic heterocycles. The van der Waals surface area contributed by atoms with Gasteiger partial charge >= 0.3 is 5.97 Å². The Morgan fingerprint density at radius 1 is 1.25 bits per heavy atom. The number of ketones is 1. The number of Topliss-reactive ketones (excluding diaryl/α,β-unsaturated/α-hetero) is 1. The zero-order valence-electron chi connectivity index (χ0n) is 15.2. The number of carbonyl (C=O) groups is 2. The Balaban J connectivity index is 1.69. The van der Waals surface area contributed by atoms with Crippen molar-refractivity contribution < 1.29 is 23.5 Å². The summed E-state index contributed by atoms with van der Waals surface area (Å²) in [6.45, 7) is 1.22. The number of H-pyrrole nitrogens is 1. The maximum absolute atomic E-state index is 13.8. The molecule has 0 bridgehead atoms. The van der Waals surface area contributed by atoms with Gasteiger partial charge in [0, 0.05) is 43.9 Å². The summed E-state index contributed by atoms with van der Waals surface area (Å²) in [5.74, 6) is -0.169. The molecule has 7 nitrogen and oxygen atoms in total. The van der Waals surface area contributed by atoms with Crippen LogP contribution in [-0.4, -0.2) is 41.9 Å². The van der Waals surface area contributed by atoms with E-state index in [9.17, 15) is 14.0 Å². The van der Waals surface area contributed by atoms with Gasteiger partial charge in [-0.3, -0.25) is 4.79 Å². The number of anilines is 1. The molecule has 3 aromatic rings. The van der Waals surface area contributed by atoms with Crippen LogP contribution in [0.15, 0.2) is 36.7 Å². The minimum atomic E-state index is -0.544. The first-order valence-corrected chi connectivity index (χ1v) is 8.84. The molecule has 4 rings (SSSR count). The number of nitrogens with zero attached hydrogens (tertiary/aromatic N) is 2. The first-order valence-electron chi connectivity index (χ1n) is 8.84. The number of piperidine rings is 1. The normalized spacial score (nSPS) is 14.4. The molecule has 0 spiro atoms. The van der Waals surface area contributed by atoms with Gasteiger partial charge in [-0.05, 0) is 18.2 Å². The second-order valence-corrected chi connectivity index (χ2v) is 6.50. The number of carbonyl (C=O) groups excluding carboxylic acids is 2. The van der Waals surface area contributed by atoms with Crippen LogP contribution in [0, 0.1) is 5.82 Å². The summed E-state index contributed by atoms with van der Waals surface area (Å²) in [7, 11) is 1.29. The minimum absolute atomic E-state index is 0.242. The third-order valence-electron chi connectivity index (χ3n) is 4.74. The Hall–Kier alpha value is -3.42. The number of aromatic nitrogens is 2. The molecular weight excluding hydrogens is 365 g/mol. The van der Waals surface area contributed by atoms with Gasteiger partial charge in [0.05, 0.1) is 18.7 Å². The summed E-state index contributed by atoms with van der Waals surface area (Å²) in [6, 6.07) is 6.65. The van der Waals surface area contributed by atoms with Gasteiger partial charge in [-0.25, -0.2) is 14.2 Å². The fourth-order valence-electron chi connectivity index (χ4n) is 3.22. The highest BCUT2D eigenvalue weighted by Gasteiger charge is 2.20. The molecule has 1 saturated heterocycles. The number of ether oxygens (including phenoxy) is 2. The smallest absolute Gasteiger partial charge is 0.341 e. The first-order chi connectivity index (χ1) is 13.5. The van der Waals surface area contributed by atoms with Crippen molar-refractivity contribution >= 4 is 28.5 Å². The quantitative estimate of drug-likeness (QED) is 0.695. The van der Waals surface area contributed by atoms with Crippen molar-refractivity contribution in [1.82, 2.24) is 9.97 Å². The fourth-order valence-corrected chi connectivity index (χ4v) is 3.22. The summed E-state index contributed by atoms with van der Waals surface area (Å²) in [4.78, 5) is 32.5. The summed E-state index contributed by atoms with van der Waals surface area (Å²) in [5.41, 5.74) is 1.48. The zero-order chi connectivity index (χ0) is 19.7. The van der Waals surface area contributed by atoms with Crippen LogP contribution in [0.2, 0.25) is 0 Å². The van der Waals surface area contributed by atoms with E-state index in [2.05, 4.69) is 14.9 Å². The standard InChI is InChI=1S/C20H18FN3O4/c1-27-20(26)15-3-2-12(24-6-4-13(25)5-7-24)8-18(15)28-14-9-16-17(21)11-23-19(16)22-10-14/h2-3,8-11H,4-7H2,1H3,(H,22,23). The van der Waals surface area contributed by atoms with E-state index in [0.717, 1.165) is 5.69 Å². The van der Waals surface area contributed by atoms with Gasteiger partial charge in [-0.2, -0.15) is 0 Å². The third kappa shape index (κ3) is 3.40. The zero-order valence-corrected chi connectivity index (χ0v) is 15.2. The molecule has 144 valence electrons. The second-order valence-electron chi connectivity index (χ2n) is 6.50. The molecule has 0 saturated carbocycles. The Bertz CT molecular complexity index is 1050. The van der Waals surface area contributed by atoms with Crippen LogP contribution in [0.25, 0.3) is 11.0 Å². The number of benzene rings is 1. The lowest BCUT2D eigenvalue weighted by Crippen LogP contribution is -2.33. The van der Waals surface area contributed by atoms with Gasteiger partial charge in [-0.1, -0.05) is 0 Å². The Kier molecular flexibility index (Phi) is 4.68. The van der Waals surface area contributed by atoms with Crippen molar-refractivity contribution in [3.8, 4) is 11.5 Å². The van der Waals surface area contributed by atoms with Crippen molar-refractivity contribution in [2.24, 2.45) is 0 Å². The van der Waals surface area contributed by atoms with Crippen molar-refractivity contribution in [3.63, 3.8) is 0 Å². The number of methoxy groups -OCH3 is 1. The maximum Gasteiger partial charge on any atom is 0.341 e. The monoisotopic (exact) mass is 383 g/mol. The van der Waals surface area contributed by atoms with Gasteiger partial charge in [0.25, 0.3) is 0 Å². The number of pyridine rings is 1. The number of nitrogens with one attached hydrogen (secondary N) is 1. The SMILES string of the molecule is COC(=O)c1ccc(N2CCC(=O)CC2)cc1Oc1cnc2[nH]cc(F)c2c1. The van der Waals surface area contributed by atoms with E-state index in [1.54, 1.807) is 18.2 Å². The largest absolute Gasteiger partial charge is 0.465 e. The molecular formula is C20H18FN3O4. The molecule has 0 amide bonds. The van der Waals surface area contributed by atoms with Crippen LogP contribution in [-0.2, 0) is 9.53 Å². The van der Waals surface area contributed by atoms with Crippen molar-refractivity contribution in [2.75, 3.05) is 25.1 Å². The summed E-state index contributed by atoms with van der Waals surface area (Å²) in [5, 5.41) is 0.294. The summed E-state index contributed by atoms with van der Waals surface area (Å²) < 4.78 is 24.5. The predicted molar refractivity (Wildman–Crippen MR) is 100 cm³/mol. The Morgan fingerprint density at radius 2 is 2.04 bits per heavy atom. The molecule has 1 aromatic carbocycles. The number of rotatable bonds is 4.